The van der Waals surface area contributed by atoms with Crippen LogP contribution >= 0.6 is 11.6 Å². The van der Waals surface area contributed by atoms with E-state index in [1.807, 2.05) is 16.8 Å². The molecule has 3 aromatic rings. The van der Waals surface area contributed by atoms with Crippen LogP contribution < -0.4 is 5.32 Å². The second-order valence-electron chi connectivity index (χ2n) is 4.97. The third kappa shape index (κ3) is 2.88. The Kier molecular flexibility index (Phi) is 4.11. The quantitative estimate of drug-likeness (QED) is 0.707. The van der Waals surface area contributed by atoms with Gasteiger partial charge in [0.15, 0.2) is 0 Å². The summed E-state index contributed by atoms with van der Waals surface area (Å²) in [4.78, 5) is 0. The molecule has 0 atom stereocenters. The summed E-state index contributed by atoms with van der Waals surface area (Å²) < 4.78 is 2.04. The average Bonchev–Trinajstić information content (AvgIpc) is 2.91. The Labute approximate surface area is 129 Å². The van der Waals surface area contributed by atoms with Gasteiger partial charge in [-0.05, 0) is 30.7 Å². The van der Waals surface area contributed by atoms with E-state index >= 15 is 0 Å². The number of para-hydroxylation sites is 1. The summed E-state index contributed by atoms with van der Waals surface area (Å²) in [5.41, 5.74) is 4.45. The minimum Gasteiger partial charge on any atom is -0.379 e. The molecule has 0 radical (unpaired) electrons. The van der Waals surface area contributed by atoms with Gasteiger partial charge in [-0.25, -0.2) is 0 Å². The first kappa shape index (κ1) is 14.0. The standard InChI is InChI=1S/C17H18ClN3/c1-2-21-17-9-4-3-8-15(17)16(20-21)12-19-14-7-5-6-13(10-14)11-18/h3-10,19H,2,11-12H2,1H3. The number of nitrogens with zero attached hydrogens (tertiary/aromatic N) is 2. The lowest BCUT2D eigenvalue weighted by Crippen LogP contribution is -2.02. The maximum Gasteiger partial charge on any atom is 0.0894 e. The van der Waals surface area contributed by atoms with Crippen LogP contribution in [0.4, 0.5) is 5.69 Å². The van der Waals surface area contributed by atoms with E-state index < -0.39 is 0 Å². The van der Waals surface area contributed by atoms with Crippen LogP contribution in [0.2, 0.25) is 0 Å². The number of aromatic nitrogens is 2. The van der Waals surface area contributed by atoms with Crippen LogP contribution in [0.5, 0.6) is 0 Å². The molecule has 1 N–H and O–H groups in total. The number of rotatable bonds is 5. The zero-order valence-corrected chi connectivity index (χ0v) is 12.8. The van der Waals surface area contributed by atoms with Gasteiger partial charge in [0.05, 0.1) is 17.8 Å². The van der Waals surface area contributed by atoms with Gasteiger partial charge in [-0.3, -0.25) is 4.68 Å². The average molecular weight is 300 g/mol. The van der Waals surface area contributed by atoms with Gasteiger partial charge in [0, 0.05) is 23.5 Å². The molecule has 0 saturated heterocycles. The second-order valence-corrected chi connectivity index (χ2v) is 5.23. The van der Waals surface area contributed by atoms with Crippen molar-refractivity contribution < 1.29 is 0 Å². The summed E-state index contributed by atoms with van der Waals surface area (Å²) in [7, 11) is 0. The van der Waals surface area contributed by atoms with E-state index in [4.69, 9.17) is 16.7 Å². The summed E-state index contributed by atoms with van der Waals surface area (Å²) in [5, 5.41) is 9.33. The van der Waals surface area contributed by atoms with Crippen LogP contribution in [0, 0.1) is 0 Å². The van der Waals surface area contributed by atoms with E-state index in [9.17, 15) is 0 Å². The van der Waals surface area contributed by atoms with Gasteiger partial charge < -0.3 is 5.32 Å². The van der Waals surface area contributed by atoms with Crippen LogP contribution in [0.15, 0.2) is 48.5 Å². The molecular weight excluding hydrogens is 282 g/mol. The molecule has 0 unspecified atom stereocenters. The van der Waals surface area contributed by atoms with E-state index in [0.29, 0.717) is 12.4 Å². The Bertz CT molecular complexity index is 749. The summed E-state index contributed by atoms with van der Waals surface area (Å²) in [6.45, 7) is 3.70. The molecule has 3 rings (SSSR count). The van der Waals surface area contributed by atoms with E-state index in [2.05, 4.69) is 48.6 Å². The molecule has 21 heavy (non-hydrogen) atoms. The highest BCUT2D eigenvalue weighted by Gasteiger charge is 2.08. The summed E-state index contributed by atoms with van der Waals surface area (Å²) in [6, 6.07) is 16.5. The van der Waals surface area contributed by atoms with E-state index in [1.54, 1.807) is 0 Å². The summed E-state index contributed by atoms with van der Waals surface area (Å²) in [6.07, 6.45) is 0. The molecule has 108 valence electrons. The molecule has 1 heterocycles. The predicted molar refractivity (Wildman–Crippen MR) is 88.7 cm³/mol. The van der Waals surface area contributed by atoms with Crippen molar-refractivity contribution in [3.05, 3.63) is 59.8 Å². The molecule has 4 heteroatoms. The molecule has 3 nitrogen and oxygen atoms in total. The van der Waals surface area contributed by atoms with Gasteiger partial charge in [0.2, 0.25) is 0 Å². The smallest absolute Gasteiger partial charge is 0.0894 e. The van der Waals surface area contributed by atoms with Crippen molar-refractivity contribution in [3.8, 4) is 0 Å². The molecule has 0 aliphatic rings. The number of halogens is 1. The lowest BCUT2D eigenvalue weighted by molar-refractivity contribution is 0.671. The first-order valence-electron chi connectivity index (χ1n) is 7.15. The SMILES string of the molecule is CCn1nc(CNc2cccc(CCl)c2)c2ccccc21. The number of alkyl halides is 1. The Morgan fingerprint density at radius 1 is 1.14 bits per heavy atom. The predicted octanol–water partition coefficient (Wildman–Crippen LogP) is 4.41. The normalized spacial score (nSPS) is 11.0. The molecule has 0 aliphatic carbocycles. The van der Waals surface area contributed by atoms with Crippen molar-refractivity contribution in [2.24, 2.45) is 0 Å². The minimum absolute atomic E-state index is 0.531. The molecule has 2 aromatic carbocycles. The van der Waals surface area contributed by atoms with Crippen molar-refractivity contribution in [2.45, 2.75) is 25.9 Å². The van der Waals surface area contributed by atoms with Crippen molar-refractivity contribution in [3.63, 3.8) is 0 Å². The van der Waals surface area contributed by atoms with Crippen molar-refractivity contribution in [1.29, 1.82) is 0 Å². The Hall–Kier alpha value is -2.00. The van der Waals surface area contributed by atoms with Gasteiger partial charge in [0.1, 0.15) is 0 Å². The monoisotopic (exact) mass is 299 g/mol. The van der Waals surface area contributed by atoms with Crippen LogP contribution in [-0.2, 0) is 19.0 Å². The summed E-state index contributed by atoms with van der Waals surface area (Å²) >= 11 is 5.87. The number of fused-ring (bicyclic) bond motifs is 1. The Morgan fingerprint density at radius 2 is 2.00 bits per heavy atom. The number of hydrogen-bond acceptors (Lipinski definition) is 2. The topological polar surface area (TPSA) is 29.9 Å². The zero-order valence-electron chi connectivity index (χ0n) is 12.0. The highest BCUT2D eigenvalue weighted by molar-refractivity contribution is 6.17. The summed E-state index contributed by atoms with van der Waals surface area (Å²) in [5.74, 6) is 0.531. The Balaban J connectivity index is 1.85. The van der Waals surface area contributed by atoms with Gasteiger partial charge >= 0.3 is 0 Å². The molecular formula is C17H18ClN3. The van der Waals surface area contributed by atoms with Gasteiger partial charge in [-0.1, -0.05) is 30.3 Å². The number of anilines is 1. The maximum atomic E-state index is 5.87. The van der Waals surface area contributed by atoms with E-state index in [-0.39, 0.29) is 0 Å². The fraction of sp³-hybridized carbons (Fsp3) is 0.235. The molecule has 0 amide bonds. The van der Waals surface area contributed by atoms with Gasteiger partial charge in [0.25, 0.3) is 0 Å². The zero-order chi connectivity index (χ0) is 14.7. The second kappa shape index (κ2) is 6.19. The molecule has 0 aliphatic heterocycles. The lowest BCUT2D eigenvalue weighted by atomic mass is 10.2. The largest absolute Gasteiger partial charge is 0.379 e. The van der Waals surface area contributed by atoms with Gasteiger partial charge in [-0.2, -0.15) is 5.10 Å². The maximum absolute atomic E-state index is 5.87. The molecule has 0 bridgehead atoms. The number of hydrogen-bond donors (Lipinski definition) is 1. The third-order valence-electron chi connectivity index (χ3n) is 3.58. The molecule has 0 fully saturated rings. The molecule has 0 spiro atoms. The first-order chi connectivity index (χ1) is 10.3. The first-order valence-corrected chi connectivity index (χ1v) is 7.68. The van der Waals surface area contributed by atoms with Crippen molar-refractivity contribution in [2.75, 3.05) is 5.32 Å². The third-order valence-corrected chi connectivity index (χ3v) is 3.88. The Morgan fingerprint density at radius 3 is 2.81 bits per heavy atom. The minimum atomic E-state index is 0.531. The molecule has 0 saturated carbocycles. The van der Waals surface area contributed by atoms with Crippen LogP contribution in [-0.4, -0.2) is 9.78 Å². The molecule has 1 aromatic heterocycles. The van der Waals surface area contributed by atoms with E-state index in [1.165, 1.54) is 10.9 Å². The number of nitrogens with one attached hydrogen (secondary N) is 1. The van der Waals surface area contributed by atoms with Crippen LogP contribution in [0.3, 0.4) is 0 Å². The number of benzene rings is 2. The van der Waals surface area contributed by atoms with E-state index in [0.717, 1.165) is 23.5 Å². The highest BCUT2D eigenvalue weighted by Crippen LogP contribution is 2.20. The van der Waals surface area contributed by atoms with Crippen LogP contribution in [0.1, 0.15) is 18.2 Å². The van der Waals surface area contributed by atoms with Crippen molar-refractivity contribution in [1.82, 2.24) is 9.78 Å². The highest BCUT2D eigenvalue weighted by atomic mass is 35.5. The van der Waals surface area contributed by atoms with Crippen molar-refractivity contribution >= 4 is 28.2 Å². The number of aryl methyl sites for hydroxylation is 1. The fourth-order valence-electron chi connectivity index (χ4n) is 2.52. The fourth-order valence-corrected chi connectivity index (χ4v) is 2.68. The lowest BCUT2D eigenvalue weighted by Gasteiger charge is -2.06. The van der Waals surface area contributed by atoms with Gasteiger partial charge in [-0.15, -0.1) is 11.6 Å². The van der Waals surface area contributed by atoms with Crippen LogP contribution in [0.25, 0.3) is 10.9 Å².